The van der Waals surface area contributed by atoms with Gasteiger partial charge in [0.2, 0.25) is 0 Å². The first-order valence-corrected chi connectivity index (χ1v) is 7.35. The molecule has 2 rings (SSSR count). The van der Waals surface area contributed by atoms with E-state index in [0.29, 0.717) is 11.2 Å². The standard InChI is InChI=1S/C14H19N3S/c1-9-4-5-12(8-15)13(6-9)18-14-16-10(2)7-11(3)17-14/h7,9,12-13H,4-6H2,1-3H3. The molecule has 0 N–H and O–H groups in total. The van der Waals surface area contributed by atoms with Gasteiger partial charge in [-0.25, -0.2) is 9.97 Å². The highest BCUT2D eigenvalue weighted by atomic mass is 32.2. The molecular formula is C14H19N3S. The van der Waals surface area contributed by atoms with E-state index in [2.05, 4.69) is 23.0 Å². The highest BCUT2D eigenvalue weighted by molar-refractivity contribution is 7.99. The van der Waals surface area contributed by atoms with E-state index in [1.54, 1.807) is 11.8 Å². The van der Waals surface area contributed by atoms with Crippen LogP contribution in [-0.4, -0.2) is 15.2 Å². The number of nitrogens with zero attached hydrogens (tertiary/aromatic N) is 3. The maximum atomic E-state index is 9.23. The maximum absolute atomic E-state index is 9.23. The van der Waals surface area contributed by atoms with Gasteiger partial charge in [0, 0.05) is 16.6 Å². The molecule has 1 aliphatic rings. The van der Waals surface area contributed by atoms with Crippen molar-refractivity contribution in [3.8, 4) is 6.07 Å². The van der Waals surface area contributed by atoms with Crippen molar-refractivity contribution in [1.82, 2.24) is 9.97 Å². The van der Waals surface area contributed by atoms with E-state index in [-0.39, 0.29) is 5.92 Å². The van der Waals surface area contributed by atoms with Gasteiger partial charge in [0.1, 0.15) is 0 Å². The number of aryl methyl sites for hydroxylation is 2. The van der Waals surface area contributed by atoms with Gasteiger partial charge in [-0.1, -0.05) is 18.7 Å². The average molecular weight is 261 g/mol. The molecule has 3 atom stereocenters. The zero-order valence-electron chi connectivity index (χ0n) is 11.2. The van der Waals surface area contributed by atoms with Crippen molar-refractivity contribution >= 4 is 11.8 Å². The summed E-state index contributed by atoms with van der Waals surface area (Å²) in [5.74, 6) is 0.855. The van der Waals surface area contributed by atoms with E-state index in [1.807, 2.05) is 19.9 Å². The van der Waals surface area contributed by atoms with Crippen LogP contribution in [0.2, 0.25) is 0 Å². The molecule has 1 saturated carbocycles. The second-order valence-corrected chi connectivity index (χ2v) is 6.45. The quantitative estimate of drug-likeness (QED) is 0.764. The summed E-state index contributed by atoms with van der Waals surface area (Å²) in [5.41, 5.74) is 2.00. The lowest BCUT2D eigenvalue weighted by Gasteiger charge is -2.29. The molecule has 0 bridgehead atoms. The van der Waals surface area contributed by atoms with Crippen LogP contribution in [0.1, 0.15) is 37.6 Å². The van der Waals surface area contributed by atoms with Gasteiger partial charge in [0.15, 0.2) is 5.16 Å². The maximum Gasteiger partial charge on any atom is 0.188 e. The Kier molecular flexibility index (Phi) is 4.23. The first-order valence-electron chi connectivity index (χ1n) is 6.47. The number of thioether (sulfide) groups is 1. The normalized spacial score (nSPS) is 27.8. The van der Waals surface area contributed by atoms with Crippen molar-refractivity contribution in [2.24, 2.45) is 11.8 Å². The number of rotatable bonds is 2. The molecule has 0 spiro atoms. The lowest BCUT2D eigenvalue weighted by atomic mass is 9.83. The molecule has 0 aliphatic heterocycles. The summed E-state index contributed by atoms with van der Waals surface area (Å²) < 4.78 is 0. The van der Waals surface area contributed by atoms with Crippen molar-refractivity contribution in [3.63, 3.8) is 0 Å². The van der Waals surface area contributed by atoms with E-state index in [1.165, 1.54) is 6.42 Å². The summed E-state index contributed by atoms with van der Waals surface area (Å²) in [6.45, 7) is 6.25. The van der Waals surface area contributed by atoms with E-state index < -0.39 is 0 Å². The smallest absolute Gasteiger partial charge is 0.188 e. The molecule has 3 unspecified atom stereocenters. The first kappa shape index (κ1) is 13.4. The fourth-order valence-electron chi connectivity index (χ4n) is 2.49. The van der Waals surface area contributed by atoms with Crippen LogP contribution in [0.25, 0.3) is 0 Å². The van der Waals surface area contributed by atoms with Crippen LogP contribution in [0.15, 0.2) is 11.2 Å². The molecule has 0 radical (unpaired) electrons. The predicted octanol–water partition coefficient (Wildman–Crippen LogP) is 3.51. The number of hydrogen-bond donors (Lipinski definition) is 0. The molecule has 0 aromatic carbocycles. The number of aromatic nitrogens is 2. The van der Waals surface area contributed by atoms with Gasteiger partial charge >= 0.3 is 0 Å². The van der Waals surface area contributed by atoms with Crippen molar-refractivity contribution in [2.75, 3.05) is 0 Å². The molecule has 1 aromatic heterocycles. The molecule has 3 nitrogen and oxygen atoms in total. The van der Waals surface area contributed by atoms with Crippen LogP contribution in [0.4, 0.5) is 0 Å². The van der Waals surface area contributed by atoms with Gasteiger partial charge in [0.25, 0.3) is 0 Å². The van der Waals surface area contributed by atoms with E-state index in [4.69, 9.17) is 0 Å². The second kappa shape index (κ2) is 5.71. The van der Waals surface area contributed by atoms with Crippen LogP contribution in [0, 0.1) is 37.0 Å². The summed E-state index contributed by atoms with van der Waals surface area (Å²) in [6.07, 6.45) is 3.28. The van der Waals surface area contributed by atoms with E-state index in [9.17, 15) is 5.26 Å². The lowest BCUT2D eigenvalue weighted by Crippen LogP contribution is -2.25. The highest BCUT2D eigenvalue weighted by Crippen LogP contribution is 2.38. The van der Waals surface area contributed by atoms with Gasteiger partial charge in [-0.05, 0) is 45.1 Å². The summed E-state index contributed by atoms with van der Waals surface area (Å²) >= 11 is 1.68. The molecule has 1 heterocycles. The van der Waals surface area contributed by atoms with Crippen LogP contribution >= 0.6 is 11.8 Å². The number of nitriles is 1. The molecule has 96 valence electrons. The number of hydrogen-bond acceptors (Lipinski definition) is 4. The monoisotopic (exact) mass is 261 g/mol. The van der Waals surface area contributed by atoms with Crippen LogP contribution in [0.3, 0.4) is 0 Å². The Morgan fingerprint density at radius 2 is 1.94 bits per heavy atom. The fourth-order valence-corrected chi connectivity index (χ4v) is 3.94. The summed E-state index contributed by atoms with van der Waals surface area (Å²) in [5, 5.41) is 10.4. The molecule has 1 fully saturated rings. The van der Waals surface area contributed by atoms with Gasteiger partial charge in [-0.2, -0.15) is 5.26 Å². The summed E-state index contributed by atoms with van der Waals surface area (Å²) in [6, 6.07) is 4.43. The van der Waals surface area contributed by atoms with Gasteiger partial charge in [-0.15, -0.1) is 0 Å². The molecule has 18 heavy (non-hydrogen) atoms. The second-order valence-electron chi connectivity index (χ2n) is 5.24. The Morgan fingerprint density at radius 1 is 1.28 bits per heavy atom. The van der Waals surface area contributed by atoms with Crippen LogP contribution in [0.5, 0.6) is 0 Å². The third kappa shape index (κ3) is 3.23. The average Bonchev–Trinajstić information content (AvgIpc) is 2.27. The minimum atomic E-state index is 0.149. The van der Waals surface area contributed by atoms with Crippen molar-refractivity contribution in [1.29, 1.82) is 5.26 Å². The van der Waals surface area contributed by atoms with Crippen molar-refractivity contribution in [2.45, 2.75) is 50.4 Å². The Balaban J connectivity index is 2.13. The Morgan fingerprint density at radius 3 is 2.56 bits per heavy atom. The van der Waals surface area contributed by atoms with Crippen molar-refractivity contribution in [3.05, 3.63) is 17.5 Å². The summed E-state index contributed by atoms with van der Waals surface area (Å²) in [7, 11) is 0. The lowest BCUT2D eigenvalue weighted by molar-refractivity contribution is 0.345. The Bertz CT molecular complexity index is 446. The third-order valence-corrected chi connectivity index (χ3v) is 4.66. The fraction of sp³-hybridized carbons (Fsp3) is 0.643. The van der Waals surface area contributed by atoms with Crippen LogP contribution < -0.4 is 0 Å². The largest absolute Gasteiger partial charge is 0.228 e. The Labute approximate surface area is 113 Å². The minimum Gasteiger partial charge on any atom is -0.228 e. The van der Waals surface area contributed by atoms with Gasteiger partial charge < -0.3 is 0 Å². The molecular weight excluding hydrogens is 242 g/mol. The van der Waals surface area contributed by atoms with Gasteiger partial charge in [0.05, 0.1) is 12.0 Å². The molecule has 1 aliphatic carbocycles. The molecule has 1 aromatic rings. The Hall–Kier alpha value is -1.08. The van der Waals surface area contributed by atoms with Gasteiger partial charge in [-0.3, -0.25) is 0 Å². The highest BCUT2D eigenvalue weighted by Gasteiger charge is 2.30. The van der Waals surface area contributed by atoms with E-state index in [0.717, 1.165) is 29.4 Å². The van der Waals surface area contributed by atoms with E-state index >= 15 is 0 Å². The SMILES string of the molecule is Cc1cc(C)nc(SC2CC(C)CCC2C#N)n1. The molecule has 0 saturated heterocycles. The zero-order valence-corrected chi connectivity index (χ0v) is 12.0. The van der Waals surface area contributed by atoms with Crippen LogP contribution in [-0.2, 0) is 0 Å². The summed E-state index contributed by atoms with van der Waals surface area (Å²) in [4.78, 5) is 8.93. The molecule has 0 amide bonds. The zero-order chi connectivity index (χ0) is 13.1. The third-order valence-electron chi connectivity index (χ3n) is 3.44. The topological polar surface area (TPSA) is 49.6 Å². The molecule has 4 heteroatoms. The minimum absolute atomic E-state index is 0.149. The van der Waals surface area contributed by atoms with Crippen molar-refractivity contribution < 1.29 is 0 Å². The predicted molar refractivity (Wildman–Crippen MR) is 73.3 cm³/mol. The first-order chi connectivity index (χ1) is 8.58.